The van der Waals surface area contributed by atoms with Gasteiger partial charge in [-0.3, -0.25) is 9.69 Å². The van der Waals surface area contributed by atoms with E-state index in [2.05, 4.69) is 4.98 Å². The van der Waals surface area contributed by atoms with Gasteiger partial charge in [0.05, 0.1) is 17.8 Å². The van der Waals surface area contributed by atoms with Crippen LogP contribution in [0.1, 0.15) is 17.5 Å². The molecule has 122 valence electrons. The molecule has 1 fully saturated rings. The van der Waals surface area contributed by atoms with Crippen molar-refractivity contribution in [3.05, 3.63) is 33.4 Å². The number of hydrogen-bond donors (Lipinski definition) is 1. The molecular formula is C15H17N3O3S2. The average molecular weight is 351 g/mol. The summed E-state index contributed by atoms with van der Waals surface area (Å²) in [5, 5.41) is -0.177. The van der Waals surface area contributed by atoms with Gasteiger partial charge in [0.2, 0.25) is 5.91 Å². The van der Waals surface area contributed by atoms with E-state index in [1.165, 1.54) is 16.2 Å². The van der Waals surface area contributed by atoms with Crippen molar-refractivity contribution in [2.45, 2.75) is 25.3 Å². The second-order valence-corrected chi connectivity index (χ2v) is 7.16. The molecule has 0 aliphatic carbocycles. The van der Waals surface area contributed by atoms with Crippen LogP contribution in [0.3, 0.4) is 0 Å². The van der Waals surface area contributed by atoms with Crippen molar-refractivity contribution < 1.29 is 14.3 Å². The summed E-state index contributed by atoms with van der Waals surface area (Å²) >= 11 is 3.09. The van der Waals surface area contributed by atoms with Crippen LogP contribution in [0.4, 0.5) is 0 Å². The lowest BCUT2D eigenvalue weighted by molar-refractivity contribution is -0.150. The van der Waals surface area contributed by atoms with E-state index < -0.39 is 12.0 Å². The zero-order valence-electron chi connectivity index (χ0n) is 12.8. The maximum absolute atomic E-state index is 12.3. The normalized spacial score (nSPS) is 24.0. The lowest BCUT2D eigenvalue weighted by atomic mass is 10.0. The Labute approximate surface area is 142 Å². The van der Waals surface area contributed by atoms with Crippen LogP contribution in [0.2, 0.25) is 0 Å². The van der Waals surface area contributed by atoms with Gasteiger partial charge in [0.25, 0.3) is 0 Å². The standard InChI is InChI=1S/C15H17N3O3S2/c1-3-21-15(20)12-9(4-5-10-8(2)17-7-23-10)6-22-14-11(16)13(19)18(12)14/h4-5,7,11,14H,3,6,16H2,1-2H3/t11?,14-/m0/s1. The summed E-state index contributed by atoms with van der Waals surface area (Å²) in [5.74, 6) is -0.0890. The number of allylic oxidation sites excluding steroid dienone is 1. The first-order valence-corrected chi connectivity index (χ1v) is 9.16. The summed E-state index contributed by atoms with van der Waals surface area (Å²) in [4.78, 5) is 31.1. The van der Waals surface area contributed by atoms with Gasteiger partial charge >= 0.3 is 5.97 Å². The summed E-state index contributed by atoms with van der Waals surface area (Å²) in [6.45, 7) is 3.94. The SMILES string of the molecule is CCOC(=O)C1=C(C=Cc2scnc2C)CS[C@H]2C(N)C(=O)N12. The molecule has 2 aliphatic rings. The second kappa shape index (κ2) is 6.46. The highest BCUT2D eigenvalue weighted by Gasteiger charge is 2.51. The highest BCUT2D eigenvalue weighted by molar-refractivity contribution is 8.00. The lowest BCUT2D eigenvalue weighted by Crippen LogP contribution is -2.68. The number of amides is 1. The van der Waals surface area contributed by atoms with Crippen LogP contribution in [0.5, 0.6) is 0 Å². The van der Waals surface area contributed by atoms with Crippen molar-refractivity contribution in [1.29, 1.82) is 0 Å². The van der Waals surface area contributed by atoms with E-state index in [4.69, 9.17) is 10.5 Å². The fraction of sp³-hybridized carbons (Fsp3) is 0.400. The van der Waals surface area contributed by atoms with E-state index in [0.717, 1.165) is 16.1 Å². The highest BCUT2D eigenvalue weighted by atomic mass is 32.2. The van der Waals surface area contributed by atoms with E-state index >= 15 is 0 Å². The lowest BCUT2D eigenvalue weighted by Gasteiger charge is -2.48. The number of rotatable bonds is 4. The van der Waals surface area contributed by atoms with Gasteiger partial charge in [0.1, 0.15) is 17.1 Å². The van der Waals surface area contributed by atoms with Gasteiger partial charge in [-0.15, -0.1) is 23.1 Å². The van der Waals surface area contributed by atoms with E-state index in [1.54, 1.807) is 24.2 Å². The first-order valence-electron chi connectivity index (χ1n) is 7.23. The van der Waals surface area contributed by atoms with E-state index in [0.29, 0.717) is 11.4 Å². The number of nitrogens with zero attached hydrogens (tertiary/aromatic N) is 2. The summed E-state index contributed by atoms with van der Waals surface area (Å²) in [6.07, 6.45) is 3.79. The number of thiazole rings is 1. The summed E-state index contributed by atoms with van der Waals surface area (Å²) in [6, 6.07) is -0.543. The molecule has 2 atom stereocenters. The number of hydrogen-bond acceptors (Lipinski definition) is 7. The summed E-state index contributed by atoms with van der Waals surface area (Å²) in [7, 11) is 0. The molecule has 3 rings (SSSR count). The fourth-order valence-corrected chi connectivity index (χ4v) is 4.46. The topological polar surface area (TPSA) is 85.5 Å². The molecule has 1 saturated heterocycles. The van der Waals surface area contributed by atoms with Crippen LogP contribution in [-0.4, -0.2) is 45.5 Å². The quantitative estimate of drug-likeness (QED) is 0.654. The van der Waals surface area contributed by atoms with Crippen LogP contribution in [0.15, 0.2) is 22.9 Å². The molecule has 6 nitrogen and oxygen atoms in total. The molecule has 1 amide bonds. The van der Waals surface area contributed by atoms with Crippen molar-refractivity contribution >= 4 is 41.1 Å². The molecule has 0 aromatic carbocycles. The van der Waals surface area contributed by atoms with E-state index in [1.807, 2.05) is 19.1 Å². The predicted molar refractivity (Wildman–Crippen MR) is 90.6 cm³/mol. The van der Waals surface area contributed by atoms with E-state index in [-0.39, 0.29) is 17.9 Å². The van der Waals surface area contributed by atoms with Crippen LogP contribution >= 0.6 is 23.1 Å². The van der Waals surface area contributed by atoms with Crippen LogP contribution in [0.25, 0.3) is 6.08 Å². The number of fused-ring (bicyclic) bond motifs is 1. The maximum Gasteiger partial charge on any atom is 0.355 e. The van der Waals surface area contributed by atoms with Crippen molar-refractivity contribution in [3.63, 3.8) is 0 Å². The molecule has 2 aliphatic heterocycles. The molecular weight excluding hydrogens is 334 g/mol. The highest BCUT2D eigenvalue weighted by Crippen LogP contribution is 2.40. The largest absolute Gasteiger partial charge is 0.461 e. The number of nitrogens with two attached hydrogens (primary N) is 1. The maximum atomic E-state index is 12.3. The van der Waals surface area contributed by atoms with Gasteiger partial charge in [-0.1, -0.05) is 6.08 Å². The minimum Gasteiger partial charge on any atom is -0.461 e. The first-order chi connectivity index (χ1) is 11.0. The van der Waals surface area contributed by atoms with Crippen molar-refractivity contribution in [1.82, 2.24) is 9.88 Å². The number of aromatic nitrogens is 1. The smallest absolute Gasteiger partial charge is 0.355 e. The number of β-lactam (4-membered cyclic amide) rings is 1. The summed E-state index contributed by atoms with van der Waals surface area (Å²) in [5.41, 5.74) is 9.63. The number of carbonyl (C=O) groups excluding carboxylic acids is 2. The molecule has 0 bridgehead atoms. The molecule has 1 aromatic rings. The zero-order valence-corrected chi connectivity index (χ0v) is 14.4. The fourth-order valence-electron chi connectivity index (χ4n) is 2.50. The molecule has 23 heavy (non-hydrogen) atoms. The van der Waals surface area contributed by atoms with Crippen LogP contribution in [-0.2, 0) is 14.3 Å². The third-order valence-corrected chi connectivity index (χ3v) is 5.95. The monoisotopic (exact) mass is 351 g/mol. The Kier molecular flexibility index (Phi) is 4.56. The molecule has 0 spiro atoms. The van der Waals surface area contributed by atoms with Crippen molar-refractivity contribution in [3.8, 4) is 0 Å². The van der Waals surface area contributed by atoms with Crippen molar-refractivity contribution in [2.75, 3.05) is 12.4 Å². The molecule has 3 heterocycles. The Balaban J connectivity index is 1.95. The average Bonchev–Trinajstić information content (AvgIpc) is 2.96. The predicted octanol–water partition coefficient (Wildman–Crippen LogP) is 1.52. The Hall–Kier alpha value is -1.64. The molecule has 8 heteroatoms. The molecule has 0 saturated carbocycles. The third kappa shape index (κ3) is 2.82. The molecule has 0 radical (unpaired) electrons. The van der Waals surface area contributed by atoms with Gasteiger partial charge < -0.3 is 10.5 Å². The first kappa shape index (κ1) is 16.2. The summed E-state index contributed by atoms with van der Waals surface area (Å²) < 4.78 is 5.12. The van der Waals surface area contributed by atoms with Crippen LogP contribution in [0, 0.1) is 6.92 Å². The van der Waals surface area contributed by atoms with Crippen molar-refractivity contribution in [2.24, 2.45) is 5.73 Å². The third-order valence-electron chi connectivity index (χ3n) is 3.73. The van der Waals surface area contributed by atoms with Gasteiger partial charge in [0, 0.05) is 10.6 Å². The Morgan fingerprint density at radius 3 is 3.00 bits per heavy atom. The van der Waals surface area contributed by atoms with E-state index in [9.17, 15) is 9.59 Å². The zero-order chi connectivity index (χ0) is 16.6. The molecule has 1 aromatic heterocycles. The van der Waals surface area contributed by atoms with Gasteiger partial charge in [-0.05, 0) is 25.5 Å². The van der Waals surface area contributed by atoms with Gasteiger partial charge in [-0.25, -0.2) is 9.78 Å². The Morgan fingerprint density at radius 1 is 1.57 bits per heavy atom. The number of aryl methyl sites for hydroxylation is 1. The number of thioether (sulfide) groups is 1. The van der Waals surface area contributed by atoms with Gasteiger partial charge in [0.15, 0.2) is 0 Å². The van der Waals surface area contributed by atoms with Gasteiger partial charge in [-0.2, -0.15) is 0 Å². The second-order valence-electron chi connectivity index (χ2n) is 5.17. The number of ether oxygens (including phenoxy) is 1. The minimum absolute atomic E-state index is 0.177. The number of esters is 1. The number of carbonyl (C=O) groups is 2. The Bertz CT molecular complexity index is 711. The minimum atomic E-state index is -0.543. The molecule has 2 N–H and O–H groups in total. The Morgan fingerprint density at radius 2 is 2.35 bits per heavy atom. The molecule has 1 unspecified atom stereocenters. The van der Waals surface area contributed by atoms with Crippen LogP contribution < -0.4 is 5.73 Å².